The van der Waals surface area contributed by atoms with E-state index in [1.807, 2.05) is 0 Å². The van der Waals surface area contributed by atoms with Gasteiger partial charge in [0.05, 0.1) is 12.5 Å². The number of likely N-dealkylation sites (tertiary alicyclic amines) is 1. The monoisotopic (exact) mass is 488 g/mol. The van der Waals surface area contributed by atoms with Crippen molar-refractivity contribution in [2.45, 2.75) is 56.3 Å². The van der Waals surface area contributed by atoms with Crippen molar-refractivity contribution < 1.29 is 29.1 Å². The largest absolute Gasteiger partial charge is 0.480 e. The van der Waals surface area contributed by atoms with Crippen LogP contribution in [0.15, 0.2) is 4.99 Å². The normalized spacial score (nSPS) is 18.0. The first-order valence-electron chi connectivity index (χ1n) is 10.3. The third-order valence-electron chi connectivity index (χ3n) is 4.95. The van der Waals surface area contributed by atoms with Gasteiger partial charge in [0.1, 0.15) is 18.1 Å². The van der Waals surface area contributed by atoms with E-state index in [2.05, 4.69) is 28.3 Å². The molecule has 1 heterocycles. The van der Waals surface area contributed by atoms with Crippen LogP contribution >= 0.6 is 12.6 Å². The van der Waals surface area contributed by atoms with E-state index < -0.39 is 60.2 Å². The van der Waals surface area contributed by atoms with Crippen LogP contribution in [0.5, 0.6) is 0 Å². The summed E-state index contributed by atoms with van der Waals surface area (Å²) >= 11 is 3.98. The molecule has 11 N–H and O–H groups in total. The zero-order valence-electron chi connectivity index (χ0n) is 18.1. The highest BCUT2D eigenvalue weighted by atomic mass is 32.1. The van der Waals surface area contributed by atoms with Crippen LogP contribution < -0.4 is 33.6 Å². The molecule has 0 bridgehead atoms. The standard InChI is InChI=1S/C18H32N8O6S/c19-9(8-33)14(28)24-10(3-1-5-23-18(21)22)16(30)26-6-2-4-12(26)15(29)25-11(17(31)32)7-13(20)27/h9-12,33H,1-8,19H2,(H2,20,27)(H,24,28)(H,25,29)(H,31,32)(H4,21,22,23). The molecule has 1 aliphatic rings. The molecule has 4 atom stereocenters. The Morgan fingerprint density at radius 2 is 1.79 bits per heavy atom. The molecular weight excluding hydrogens is 456 g/mol. The van der Waals surface area contributed by atoms with Gasteiger partial charge in [0.2, 0.25) is 23.6 Å². The number of carboxylic acid groups (broad SMARTS) is 1. The Kier molecular flexibility index (Phi) is 11.4. The molecule has 0 aromatic carbocycles. The highest BCUT2D eigenvalue weighted by Gasteiger charge is 2.39. The number of aliphatic carboxylic acids is 1. The average Bonchev–Trinajstić information content (AvgIpc) is 3.23. The van der Waals surface area contributed by atoms with Gasteiger partial charge in [-0.1, -0.05) is 0 Å². The molecule has 1 fully saturated rings. The minimum absolute atomic E-state index is 0.0614. The number of nitrogens with zero attached hydrogens (tertiary/aromatic N) is 2. The molecule has 0 spiro atoms. The van der Waals surface area contributed by atoms with Gasteiger partial charge in [-0.2, -0.15) is 12.6 Å². The SMILES string of the molecule is NC(=O)CC(NC(=O)C1CCCN1C(=O)C(CCCN=C(N)N)NC(=O)C(N)CS)C(=O)O. The summed E-state index contributed by atoms with van der Waals surface area (Å²) in [5, 5.41) is 14.0. The zero-order chi connectivity index (χ0) is 25.1. The lowest BCUT2D eigenvalue weighted by atomic mass is 10.1. The van der Waals surface area contributed by atoms with Crippen LogP contribution in [-0.2, 0) is 24.0 Å². The average molecular weight is 489 g/mol. The first-order valence-corrected chi connectivity index (χ1v) is 10.9. The van der Waals surface area contributed by atoms with E-state index in [9.17, 15) is 29.1 Å². The van der Waals surface area contributed by atoms with E-state index in [-0.39, 0.29) is 37.6 Å². The Hall–Kier alpha value is -3.07. The predicted molar refractivity (Wildman–Crippen MR) is 122 cm³/mol. The van der Waals surface area contributed by atoms with Crippen molar-refractivity contribution in [1.82, 2.24) is 15.5 Å². The summed E-state index contributed by atoms with van der Waals surface area (Å²) in [6.45, 7) is 0.446. The number of primary amides is 1. The van der Waals surface area contributed by atoms with Crippen LogP contribution in [0.3, 0.4) is 0 Å². The van der Waals surface area contributed by atoms with Crippen LogP contribution in [0.25, 0.3) is 0 Å². The Labute approximate surface area is 196 Å². The lowest BCUT2D eigenvalue weighted by Crippen LogP contribution is -2.57. The minimum atomic E-state index is -1.52. The highest BCUT2D eigenvalue weighted by Crippen LogP contribution is 2.20. The smallest absolute Gasteiger partial charge is 0.326 e. The van der Waals surface area contributed by atoms with Gasteiger partial charge >= 0.3 is 5.97 Å². The van der Waals surface area contributed by atoms with Crippen molar-refractivity contribution >= 4 is 48.2 Å². The molecule has 1 rings (SSSR count). The fourth-order valence-corrected chi connectivity index (χ4v) is 3.46. The quantitative estimate of drug-likeness (QED) is 0.0547. The molecule has 14 nitrogen and oxygen atoms in total. The number of hydrogen-bond acceptors (Lipinski definition) is 8. The molecule has 0 aromatic rings. The number of aliphatic imine (C=N–C) groups is 1. The number of hydrogen-bond donors (Lipinski definition) is 8. The van der Waals surface area contributed by atoms with E-state index in [0.29, 0.717) is 12.8 Å². The molecule has 1 saturated heterocycles. The predicted octanol–water partition coefficient (Wildman–Crippen LogP) is -3.78. The molecule has 0 aliphatic carbocycles. The molecule has 33 heavy (non-hydrogen) atoms. The van der Waals surface area contributed by atoms with Crippen LogP contribution in [-0.4, -0.2) is 88.6 Å². The molecule has 186 valence electrons. The number of rotatable bonds is 13. The summed E-state index contributed by atoms with van der Waals surface area (Å²) < 4.78 is 0. The van der Waals surface area contributed by atoms with Gasteiger partial charge in [0, 0.05) is 18.8 Å². The van der Waals surface area contributed by atoms with E-state index in [1.165, 1.54) is 4.90 Å². The summed E-state index contributed by atoms with van der Waals surface area (Å²) in [5.41, 5.74) is 21.3. The van der Waals surface area contributed by atoms with Crippen molar-refractivity contribution in [3.63, 3.8) is 0 Å². The molecule has 4 unspecified atom stereocenters. The lowest BCUT2D eigenvalue weighted by Gasteiger charge is -2.29. The first kappa shape index (κ1) is 28.0. The van der Waals surface area contributed by atoms with Crippen LogP contribution in [0.2, 0.25) is 0 Å². The molecule has 0 aromatic heterocycles. The van der Waals surface area contributed by atoms with Gasteiger partial charge in [0.15, 0.2) is 5.96 Å². The maximum atomic E-state index is 13.2. The Morgan fingerprint density at radius 3 is 2.33 bits per heavy atom. The molecule has 15 heteroatoms. The maximum absolute atomic E-state index is 13.2. The molecule has 0 radical (unpaired) electrons. The number of guanidine groups is 1. The number of carbonyl (C=O) groups is 5. The van der Waals surface area contributed by atoms with E-state index in [1.54, 1.807) is 0 Å². The molecular formula is C18H32N8O6S. The van der Waals surface area contributed by atoms with Gasteiger partial charge in [-0.25, -0.2) is 4.79 Å². The third-order valence-corrected chi connectivity index (χ3v) is 5.35. The summed E-state index contributed by atoms with van der Waals surface area (Å²) in [6.07, 6.45) is 0.709. The minimum Gasteiger partial charge on any atom is -0.480 e. The van der Waals surface area contributed by atoms with Crippen molar-refractivity contribution in [2.75, 3.05) is 18.8 Å². The van der Waals surface area contributed by atoms with Gasteiger partial charge in [-0.05, 0) is 25.7 Å². The number of thiol groups is 1. The topological polar surface area (TPSA) is 249 Å². The number of nitrogens with one attached hydrogen (secondary N) is 2. The second kappa shape index (κ2) is 13.5. The van der Waals surface area contributed by atoms with Crippen LogP contribution in [0, 0.1) is 0 Å². The Balaban J connectivity index is 2.96. The summed E-state index contributed by atoms with van der Waals surface area (Å²) in [6, 6.07) is -4.44. The van der Waals surface area contributed by atoms with Crippen molar-refractivity contribution in [3.8, 4) is 0 Å². The van der Waals surface area contributed by atoms with E-state index in [0.717, 1.165) is 0 Å². The van der Waals surface area contributed by atoms with Gasteiger partial charge in [-0.3, -0.25) is 24.2 Å². The Morgan fingerprint density at radius 1 is 1.12 bits per heavy atom. The van der Waals surface area contributed by atoms with E-state index >= 15 is 0 Å². The summed E-state index contributed by atoms with van der Waals surface area (Å²) in [7, 11) is 0. The maximum Gasteiger partial charge on any atom is 0.326 e. The molecule has 0 saturated carbocycles. The van der Waals surface area contributed by atoms with Gasteiger partial charge in [0.25, 0.3) is 0 Å². The van der Waals surface area contributed by atoms with Crippen molar-refractivity contribution in [2.24, 2.45) is 27.9 Å². The molecule has 4 amide bonds. The van der Waals surface area contributed by atoms with Gasteiger partial charge < -0.3 is 43.6 Å². The second-order valence-corrected chi connectivity index (χ2v) is 7.92. The summed E-state index contributed by atoms with van der Waals surface area (Å²) in [4.78, 5) is 65.7. The van der Waals surface area contributed by atoms with Crippen molar-refractivity contribution in [3.05, 3.63) is 0 Å². The number of carbonyl (C=O) groups excluding carboxylic acids is 4. The number of nitrogens with two attached hydrogens (primary N) is 4. The number of amides is 4. The van der Waals surface area contributed by atoms with Crippen molar-refractivity contribution in [1.29, 1.82) is 0 Å². The van der Waals surface area contributed by atoms with E-state index in [4.69, 9.17) is 22.9 Å². The van der Waals surface area contributed by atoms with Gasteiger partial charge in [-0.15, -0.1) is 0 Å². The van der Waals surface area contributed by atoms with Crippen LogP contribution in [0.1, 0.15) is 32.1 Å². The second-order valence-electron chi connectivity index (χ2n) is 7.56. The third kappa shape index (κ3) is 9.13. The summed E-state index contributed by atoms with van der Waals surface area (Å²) in [5.74, 6) is -4.22. The Bertz CT molecular complexity index is 775. The highest BCUT2D eigenvalue weighted by molar-refractivity contribution is 7.80. The fraction of sp³-hybridized carbons (Fsp3) is 0.667. The molecule has 1 aliphatic heterocycles. The first-order chi connectivity index (χ1) is 15.5. The number of carboxylic acids is 1. The lowest BCUT2D eigenvalue weighted by molar-refractivity contribution is -0.145. The van der Waals surface area contributed by atoms with Crippen LogP contribution in [0.4, 0.5) is 0 Å². The zero-order valence-corrected chi connectivity index (χ0v) is 19.0. The fourth-order valence-electron chi connectivity index (χ4n) is 3.30.